The predicted octanol–water partition coefficient (Wildman–Crippen LogP) is 2.06. The number of hydrogen-bond donors (Lipinski definition) is 1. The Kier molecular flexibility index (Phi) is 6.37. The summed E-state index contributed by atoms with van der Waals surface area (Å²) in [4.78, 5) is 14.7. The van der Waals surface area contributed by atoms with Crippen molar-refractivity contribution in [1.29, 1.82) is 0 Å². The van der Waals surface area contributed by atoms with Crippen molar-refractivity contribution in [2.75, 3.05) is 39.0 Å². The molecule has 0 unspecified atom stereocenters. The van der Waals surface area contributed by atoms with Gasteiger partial charge in [0, 0.05) is 19.8 Å². The van der Waals surface area contributed by atoms with Gasteiger partial charge in [-0.15, -0.1) is 0 Å². The molecule has 0 bridgehead atoms. The van der Waals surface area contributed by atoms with Crippen LogP contribution in [0.5, 0.6) is 0 Å². The fourth-order valence-corrected chi connectivity index (χ4v) is 3.72. The summed E-state index contributed by atoms with van der Waals surface area (Å²) in [7, 11) is -0.527. The zero-order chi connectivity index (χ0) is 17.7. The second-order valence-corrected chi connectivity index (χ2v) is 8.65. The molecule has 1 N–H and O–H groups in total. The highest BCUT2D eigenvalue weighted by Crippen LogP contribution is 2.22. The van der Waals surface area contributed by atoms with E-state index in [2.05, 4.69) is 10.2 Å². The summed E-state index contributed by atoms with van der Waals surface area (Å²) >= 11 is 0. The lowest BCUT2D eigenvalue weighted by Crippen LogP contribution is -2.34. The lowest BCUT2D eigenvalue weighted by molar-refractivity contribution is -0.117. The van der Waals surface area contributed by atoms with Crippen LogP contribution in [0.2, 0.25) is 0 Å². The number of amides is 1. The number of benzene rings is 1. The Morgan fingerprint density at radius 1 is 1.17 bits per heavy atom. The van der Waals surface area contributed by atoms with E-state index in [0.29, 0.717) is 12.2 Å². The van der Waals surface area contributed by atoms with Crippen molar-refractivity contribution >= 4 is 21.6 Å². The number of aryl methyl sites for hydroxylation is 1. The second kappa shape index (κ2) is 8.09. The van der Waals surface area contributed by atoms with Crippen LogP contribution in [0.3, 0.4) is 0 Å². The van der Waals surface area contributed by atoms with Crippen molar-refractivity contribution in [3.05, 3.63) is 23.8 Å². The van der Waals surface area contributed by atoms with Gasteiger partial charge in [-0.1, -0.05) is 18.9 Å². The SMILES string of the molecule is Cc1ccc(S(=O)(=O)N(C)C)cc1NC(=O)CN1CCCCCC1. The van der Waals surface area contributed by atoms with E-state index >= 15 is 0 Å². The fourth-order valence-electron chi connectivity index (χ4n) is 2.79. The van der Waals surface area contributed by atoms with Crippen LogP contribution in [0.15, 0.2) is 23.1 Å². The number of carbonyl (C=O) groups excluding carboxylic acids is 1. The monoisotopic (exact) mass is 353 g/mol. The van der Waals surface area contributed by atoms with Gasteiger partial charge in [0.1, 0.15) is 0 Å². The molecule has 1 aliphatic heterocycles. The zero-order valence-corrected chi connectivity index (χ0v) is 15.5. The molecule has 0 aromatic heterocycles. The summed E-state index contributed by atoms with van der Waals surface area (Å²) in [5.74, 6) is -0.0978. The van der Waals surface area contributed by atoms with Crippen LogP contribution in [0.4, 0.5) is 5.69 Å². The highest BCUT2D eigenvalue weighted by molar-refractivity contribution is 7.89. The third-order valence-electron chi connectivity index (χ3n) is 4.33. The maximum absolute atomic E-state index is 12.3. The molecule has 134 valence electrons. The van der Waals surface area contributed by atoms with E-state index in [0.717, 1.165) is 31.5 Å². The number of carbonyl (C=O) groups is 1. The number of nitrogens with zero attached hydrogens (tertiary/aromatic N) is 2. The number of anilines is 1. The maximum atomic E-state index is 12.3. The minimum absolute atomic E-state index is 0.0978. The Hall–Kier alpha value is -1.44. The Balaban J connectivity index is 2.09. The average Bonchev–Trinajstić information content (AvgIpc) is 2.77. The molecule has 1 amide bonds. The largest absolute Gasteiger partial charge is 0.325 e. The van der Waals surface area contributed by atoms with E-state index in [4.69, 9.17) is 0 Å². The molecule has 2 rings (SSSR count). The van der Waals surface area contributed by atoms with Gasteiger partial charge in [-0.2, -0.15) is 0 Å². The van der Waals surface area contributed by atoms with Crippen LogP contribution in [-0.2, 0) is 14.8 Å². The lowest BCUT2D eigenvalue weighted by Gasteiger charge is -2.20. The zero-order valence-electron chi connectivity index (χ0n) is 14.7. The molecule has 0 radical (unpaired) electrons. The van der Waals surface area contributed by atoms with Gasteiger partial charge in [-0.05, 0) is 50.6 Å². The minimum Gasteiger partial charge on any atom is -0.325 e. The minimum atomic E-state index is -3.51. The molecular weight excluding hydrogens is 326 g/mol. The predicted molar refractivity (Wildman–Crippen MR) is 95.6 cm³/mol. The van der Waals surface area contributed by atoms with E-state index in [1.807, 2.05) is 6.92 Å². The molecule has 24 heavy (non-hydrogen) atoms. The van der Waals surface area contributed by atoms with Crippen LogP contribution >= 0.6 is 0 Å². The summed E-state index contributed by atoms with van der Waals surface area (Å²) in [5.41, 5.74) is 1.40. The van der Waals surface area contributed by atoms with Gasteiger partial charge in [-0.3, -0.25) is 9.69 Å². The van der Waals surface area contributed by atoms with Crippen molar-refractivity contribution in [2.24, 2.45) is 0 Å². The van der Waals surface area contributed by atoms with Crippen molar-refractivity contribution < 1.29 is 13.2 Å². The van der Waals surface area contributed by atoms with Crippen molar-refractivity contribution in [1.82, 2.24) is 9.21 Å². The molecule has 7 heteroatoms. The molecule has 0 saturated carbocycles. The Bertz CT molecular complexity index is 678. The first-order valence-corrected chi connectivity index (χ1v) is 9.80. The fraction of sp³-hybridized carbons (Fsp3) is 0.588. The quantitative estimate of drug-likeness (QED) is 0.880. The highest BCUT2D eigenvalue weighted by atomic mass is 32.2. The van der Waals surface area contributed by atoms with Crippen molar-refractivity contribution in [3.8, 4) is 0 Å². The Morgan fingerprint density at radius 3 is 2.38 bits per heavy atom. The summed E-state index contributed by atoms with van der Waals surface area (Å²) < 4.78 is 25.6. The molecule has 6 nitrogen and oxygen atoms in total. The Labute approximate surface area is 144 Å². The lowest BCUT2D eigenvalue weighted by atomic mass is 10.2. The maximum Gasteiger partial charge on any atom is 0.242 e. The second-order valence-electron chi connectivity index (χ2n) is 6.50. The molecule has 0 spiro atoms. The number of nitrogens with one attached hydrogen (secondary N) is 1. The van der Waals surface area contributed by atoms with Gasteiger partial charge in [0.25, 0.3) is 0 Å². The van der Waals surface area contributed by atoms with Gasteiger partial charge in [0.15, 0.2) is 0 Å². The third-order valence-corrected chi connectivity index (χ3v) is 6.14. The van der Waals surface area contributed by atoms with Crippen LogP contribution in [-0.4, -0.2) is 57.3 Å². The van der Waals surface area contributed by atoms with Crippen molar-refractivity contribution in [2.45, 2.75) is 37.5 Å². The molecule has 1 fully saturated rings. The summed E-state index contributed by atoms with van der Waals surface area (Å²) in [5, 5.41) is 2.87. The van der Waals surface area contributed by atoms with Crippen LogP contribution in [0.1, 0.15) is 31.2 Å². The summed E-state index contributed by atoms with van der Waals surface area (Å²) in [6, 6.07) is 4.82. The van der Waals surface area contributed by atoms with Gasteiger partial charge in [0.2, 0.25) is 15.9 Å². The smallest absolute Gasteiger partial charge is 0.242 e. The van der Waals surface area contributed by atoms with E-state index < -0.39 is 10.0 Å². The first-order chi connectivity index (χ1) is 11.3. The van der Waals surface area contributed by atoms with Crippen LogP contribution in [0.25, 0.3) is 0 Å². The standard InChI is InChI=1S/C17H27N3O3S/c1-14-8-9-15(24(22,23)19(2)3)12-16(14)18-17(21)13-20-10-6-4-5-7-11-20/h8-9,12H,4-7,10-11,13H2,1-3H3,(H,18,21). The number of hydrogen-bond acceptors (Lipinski definition) is 4. The van der Waals surface area contributed by atoms with Gasteiger partial charge >= 0.3 is 0 Å². The summed E-state index contributed by atoms with van der Waals surface area (Å²) in [6.45, 7) is 4.10. The first-order valence-electron chi connectivity index (χ1n) is 8.36. The normalized spacial score (nSPS) is 16.8. The number of sulfonamides is 1. The van der Waals surface area contributed by atoms with Crippen LogP contribution in [0, 0.1) is 6.92 Å². The first kappa shape index (κ1) is 18.9. The van der Waals surface area contributed by atoms with Gasteiger partial charge in [0.05, 0.1) is 11.4 Å². The highest BCUT2D eigenvalue weighted by Gasteiger charge is 2.19. The van der Waals surface area contributed by atoms with E-state index in [9.17, 15) is 13.2 Å². The number of likely N-dealkylation sites (tertiary alicyclic amines) is 1. The molecule has 0 aliphatic carbocycles. The topological polar surface area (TPSA) is 69.7 Å². The van der Waals surface area contributed by atoms with E-state index in [1.165, 1.54) is 37.3 Å². The average molecular weight is 353 g/mol. The summed E-state index contributed by atoms with van der Waals surface area (Å²) in [6.07, 6.45) is 4.70. The molecule has 1 saturated heterocycles. The van der Waals surface area contributed by atoms with Gasteiger partial charge in [-0.25, -0.2) is 12.7 Å². The van der Waals surface area contributed by atoms with Gasteiger partial charge < -0.3 is 5.32 Å². The molecule has 1 heterocycles. The van der Waals surface area contributed by atoms with E-state index in [1.54, 1.807) is 12.1 Å². The Morgan fingerprint density at radius 2 is 1.79 bits per heavy atom. The molecule has 1 aliphatic rings. The van der Waals surface area contributed by atoms with E-state index in [-0.39, 0.29) is 10.8 Å². The molecular formula is C17H27N3O3S. The molecule has 0 atom stereocenters. The number of rotatable bonds is 5. The third kappa shape index (κ3) is 4.78. The molecule has 1 aromatic rings. The van der Waals surface area contributed by atoms with Crippen molar-refractivity contribution in [3.63, 3.8) is 0 Å². The van der Waals surface area contributed by atoms with Crippen LogP contribution < -0.4 is 5.32 Å². The molecule has 1 aromatic carbocycles.